The van der Waals surface area contributed by atoms with Gasteiger partial charge in [0.25, 0.3) is 5.91 Å². The highest BCUT2D eigenvalue weighted by Crippen LogP contribution is 2.22. The number of amides is 1. The number of nitrogens with zero attached hydrogens (tertiary/aromatic N) is 4. The normalized spacial score (nSPS) is 17.6. The maximum atomic E-state index is 12.9. The molecule has 2 heterocycles. The van der Waals surface area contributed by atoms with Crippen molar-refractivity contribution in [2.45, 2.75) is 52.2 Å². The molecule has 1 atom stereocenters. The first kappa shape index (κ1) is 18.4. The maximum absolute atomic E-state index is 12.9. The average Bonchev–Trinajstić information content (AvgIpc) is 3.02. The molecule has 1 unspecified atom stereocenters. The van der Waals surface area contributed by atoms with E-state index in [1.165, 1.54) is 0 Å². The quantitative estimate of drug-likeness (QED) is 0.887. The van der Waals surface area contributed by atoms with Crippen molar-refractivity contribution in [3.8, 4) is 11.4 Å². The van der Waals surface area contributed by atoms with Crippen LogP contribution in [0.2, 0.25) is 0 Å². The van der Waals surface area contributed by atoms with Crippen molar-refractivity contribution >= 4 is 5.91 Å². The molecule has 26 heavy (non-hydrogen) atoms. The third-order valence-electron chi connectivity index (χ3n) is 4.71. The Bertz CT molecular complexity index is 754. The number of aromatic nitrogens is 3. The van der Waals surface area contributed by atoms with Crippen LogP contribution in [0.4, 0.5) is 0 Å². The Morgan fingerprint density at radius 2 is 2.04 bits per heavy atom. The lowest BCUT2D eigenvalue weighted by Gasteiger charge is -2.34. The summed E-state index contributed by atoms with van der Waals surface area (Å²) < 4.78 is 7.35. The molecular formula is C19H27N5O2. The Morgan fingerprint density at radius 3 is 2.69 bits per heavy atom. The zero-order valence-electron chi connectivity index (χ0n) is 15.7. The van der Waals surface area contributed by atoms with Crippen molar-refractivity contribution in [1.29, 1.82) is 0 Å². The van der Waals surface area contributed by atoms with E-state index in [0.717, 1.165) is 42.9 Å². The van der Waals surface area contributed by atoms with Crippen molar-refractivity contribution in [2.24, 2.45) is 5.73 Å². The van der Waals surface area contributed by atoms with Crippen LogP contribution in [0.25, 0.3) is 5.69 Å². The molecule has 3 rings (SSSR count). The number of carbonyl (C=O) groups is 1. The second-order valence-corrected chi connectivity index (χ2v) is 6.98. The number of nitrogens with two attached hydrogens (primary N) is 1. The molecular weight excluding hydrogens is 330 g/mol. The number of hydrogen-bond acceptors (Lipinski definition) is 5. The number of carbonyl (C=O) groups excluding carboxylic acids is 1. The van der Waals surface area contributed by atoms with Gasteiger partial charge >= 0.3 is 0 Å². The second-order valence-electron chi connectivity index (χ2n) is 6.98. The van der Waals surface area contributed by atoms with E-state index in [-0.39, 0.29) is 18.1 Å². The van der Waals surface area contributed by atoms with Crippen LogP contribution in [0.1, 0.15) is 49.3 Å². The molecule has 2 aromatic rings. The Kier molecular flexibility index (Phi) is 5.56. The third kappa shape index (κ3) is 3.72. The van der Waals surface area contributed by atoms with Crippen LogP contribution in [0, 0.1) is 6.92 Å². The summed E-state index contributed by atoms with van der Waals surface area (Å²) in [6.45, 7) is 7.06. The minimum atomic E-state index is -0.0799. The van der Waals surface area contributed by atoms with E-state index in [1.807, 2.05) is 49.9 Å². The standard InChI is InChI=1S/C19H27N5O2/c1-13(2)26-17-9-7-15(8-10-17)24-14(3)18(21-22-24)19(25)23-11-5-4-6-16(23)12-20/h7-10,13,16H,4-6,11-12,20H2,1-3H3. The molecule has 0 spiro atoms. The topological polar surface area (TPSA) is 86.3 Å². The average molecular weight is 357 g/mol. The molecule has 0 bridgehead atoms. The van der Waals surface area contributed by atoms with Crippen LogP contribution >= 0.6 is 0 Å². The molecule has 1 aromatic carbocycles. The fraction of sp³-hybridized carbons (Fsp3) is 0.526. The predicted molar refractivity (Wildman–Crippen MR) is 99.6 cm³/mol. The van der Waals surface area contributed by atoms with E-state index in [1.54, 1.807) is 4.68 Å². The van der Waals surface area contributed by atoms with Crippen LogP contribution in [0.3, 0.4) is 0 Å². The summed E-state index contributed by atoms with van der Waals surface area (Å²) in [7, 11) is 0. The molecule has 0 aliphatic carbocycles. The van der Waals surface area contributed by atoms with Gasteiger partial charge in [0.1, 0.15) is 5.75 Å². The monoisotopic (exact) mass is 357 g/mol. The molecule has 1 aliphatic heterocycles. The minimum Gasteiger partial charge on any atom is -0.491 e. The van der Waals surface area contributed by atoms with Crippen LogP contribution in [-0.2, 0) is 0 Å². The van der Waals surface area contributed by atoms with E-state index < -0.39 is 0 Å². The number of piperidine rings is 1. The van der Waals surface area contributed by atoms with Gasteiger partial charge in [0.2, 0.25) is 0 Å². The summed E-state index contributed by atoms with van der Waals surface area (Å²) in [5.74, 6) is 0.723. The first-order valence-electron chi connectivity index (χ1n) is 9.21. The number of ether oxygens (including phenoxy) is 1. The first-order chi connectivity index (χ1) is 12.5. The molecule has 1 fully saturated rings. The Morgan fingerprint density at radius 1 is 1.31 bits per heavy atom. The maximum Gasteiger partial charge on any atom is 0.276 e. The third-order valence-corrected chi connectivity index (χ3v) is 4.71. The Balaban J connectivity index is 1.82. The van der Waals surface area contributed by atoms with Gasteiger partial charge in [0.15, 0.2) is 5.69 Å². The molecule has 1 aromatic heterocycles. The molecule has 0 saturated carbocycles. The molecule has 2 N–H and O–H groups in total. The van der Waals surface area contributed by atoms with E-state index in [0.29, 0.717) is 12.2 Å². The molecule has 1 aliphatic rings. The van der Waals surface area contributed by atoms with Crippen LogP contribution in [-0.4, -0.2) is 51.0 Å². The molecule has 140 valence electrons. The minimum absolute atomic E-state index is 0.0799. The van der Waals surface area contributed by atoms with Gasteiger partial charge in [-0.2, -0.15) is 0 Å². The van der Waals surface area contributed by atoms with Gasteiger partial charge in [0, 0.05) is 19.1 Å². The molecule has 1 amide bonds. The van der Waals surface area contributed by atoms with E-state index >= 15 is 0 Å². The lowest BCUT2D eigenvalue weighted by Crippen LogP contribution is -2.47. The van der Waals surface area contributed by atoms with E-state index in [2.05, 4.69) is 10.3 Å². The number of likely N-dealkylation sites (tertiary alicyclic amines) is 1. The lowest BCUT2D eigenvalue weighted by molar-refractivity contribution is 0.0616. The van der Waals surface area contributed by atoms with E-state index in [9.17, 15) is 4.79 Å². The van der Waals surface area contributed by atoms with Gasteiger partial charge in [0.05, 0.1) is 17.5 Å². The Hall–Kier alpha value is -2.41. The SMILES string of the molecule is Cc1c(C(=O)N2CCCCC2CN)nnn1-c1ccc(OC(C)C)cc1. The predicted octanol–water partition coefficient (Wildman–Crippen LogP) is 2.32. The molecule has 1 saturated heterocycles. The van der Waals surface area contributed by atoms with Gasteiger partial charge in [-0.15, -0.1) is 5.10 Å². The highest BCUT2D eigenvalue weighted by atomic mass is 16.5. The van der Waals surface area contributed by atoms with E-state index in [4.69, 9.17) is 10.5 Å². The summed E-state index contributed by atoms with van der Waals surface area (Å²) in [4.78, 5) is 14.8. The number of hydrogen-bond donors (Lipinski definition) is 1. The molecule has 0 radical (unpaired) electrons. The zero-order valence-corrected chi connectivity index (χ0v) is 15.7. The van der Waals surface area contributed by atoms with Crippen molar-refractivity contribution in [2.75, 3.05) is 13.1 Å². The van der Waals surface area contributed by atoms with Crippen molar-refractivity contribution in [3.05, 3.63) is 35.7 Å². The smallest absolute Gasteiger partial charge is 0.276 e. The van der Waals surface area contributed by atoms with Gasteiger partial charge in [-0.25, -0.2) is 4.68 Å². The summed E-state index contributed by atoms with van der Waals surface area (Å²) >= 11 is 0. The fourth-order valence-corrected chi connectivity index (χ4v) is 3.36. The summed E-state index contributed by atoms with van der Waals surface area (Å²) in [6.07, 6.45) is 3.19. The summed E-state index contributed by atoms with van der Waals surface area (Å²) in [5, 5.41) is 8.35. The largest absolute Gasteiger partial charge is 0.491 e. The van der Waals surface area contributed by atoms with Gasteiger partial charge < -0.3 is 15.4 Å². The van der Waals surface area contributed by atoms with Crippen molar-refractivity contribution < 1.29 is 9.53 Å². The Labute approximate surface area is 154 Å². The molecule has 7 heteroatoms. The second kappa shape index (κ2) is 7.86. The van der Waals surface area contributed by atoms with Crippen LogP contribution < -0.4 is 10.5 Å². The fourth-order valence-electron chi connectivity index (χ4n) is 3.36. The summed E-state index contributed by atoms with van der Waals surface area (Å²) in [6, 6.07) is 7.71. The van der Waals surface area contributed by atoms with Gasteiger partial charge in [-0.05, 0) is 64.3 Å². The van der Waals surface area contributed by atoms with Crippen LogP contribution in [0.15, 0.2) is 24.3 Å². The number of rotatable bonds is 5. The lowest BCUT2D eigenvalue weighted by atomic mass is 10.0. The summed E-state index contributed by atoms with van der Waals surface area (Å²) in [5.41, 5.74) is 7.82. The van der Waals surface area contributed by atoms with Gasteiger partial charge in [-0.1, -0.05) is 5.21 Å². The number of benzene rings is 1. The van der Waals surface area contributed by atoms with Crippen molar-refractivity contribution in [3.63, 3.8) is 0 Å². The highest BCUT2D eigenvalue weighted by Gasteiger charge is 2.29. The first-order valence-corrected chi connectivity index (χ1v) is 9.21. The zero-order chi connectivity index (χ0) is 18.7. The van der Waals surface area contributed by atoms with Crippen molar-refractivity contribution in [1.82, 2.24) is 19.9 Å². The van der Waals surface area contributed by atoms with Crippen LogP contribution in [0.5, 0.6) is 5.75 Å². The highest BCUT2D eigenvalue weighted by molar-refractivity contribution is 5.93. The molecule has 7 nitrogen and oxygen atoms in total. The van der Waals surface area contributed by atoms with Gasteiger partial charge in [-0.3, -0.25) is 4.79 Å².